The lowest BCUT2D eigenvalue weighted by atomic mass is 10.4. The number of rotatable bonds is 1. The third-order valence-electron chi connectivity index (χ3n) is 1.20. The largest absolute Gasteiger partial charge is 0.445 e. The molecular weight excluding hydrogens is 146 g/mol. The number of carbonyl (C=O) groups excluding carboxylic acids is 1. The van der Waals surface area contributed by atoms with Crippen molar-refractivity contribution in [1.29, 1.82) is 0 Å². The van der Waals surface area contributed by atoms with Crippen molar-refractivity contribution in [2.24, 2.45) is 0 Å². The number of carbonyl (C=O) groups is 1. The summed E-state index contributed by atoms with van der Waals surface area (Å²) in [4.78, 5) is 20.8. The van der Waals surface area contributed by atoms with E-state index in [0.717, 1.165) is 0 Å². The van der Waals surface area contributed by atoms with Gasteiger partial charge in [-0.05, 0) is 6.08 Å². The van der Waals surface area contributed by atoms with E-state index in [1.807, 2.05) is 12.2 Å². The van der Waals surface area contributed by atoms with Crippen molar-refractivity contribution in [1.82, 2.24) is 4.90 Å². The van der Waals surface area contributed by atoms with Crippen molar-refractivity contribution in [3.63, 3.8) is 0 Å². The monoisotopic (exact) mass is 155 g/mol. The van der Waals surface area contributed by atoms with Crippen LogP contribution in [0, 0.1) is 0 Å². The summed E-state index contributed by atoms with van der Waals surface area (Å²) in [5.74, 6) is 0. The van der Waals surface area contributed by atoms with Crippen LogP contribution in [0.3, 0.4) is 0 Å². The first-order valence-corrected chi connectivity index (χ1v) is 3.19. The van der Waals surface area contributed by atoms with Gasteiger partial charge >= 0.3 is 6.09 Å². The van der Waals surface area contributed by atoms with Gasteiger partial charge in [0, 0.05) is 12.7 Å². The Hall–Kier alpha value is -1.29. The molecule has 1 rings (SSSR count). The Morgan fingerprint density at radius 2 is 2.36 bits per heavy atom. The molecule has 0 aromatic carbocycles. The molecule has 11 heavy (non-hydrogen) atoms. The van der Waals surface area contributed by atoms with Gasteiger partial charge in [0.05, 0.1) is 7.11 Å². The molecule has 0 unspecified atom stereocenters. The van der Waals surface area contributed by atoms with Crippen molar-refractivity contribution >= 4 is 6.09 Å². The van der Waals surface area contributed by atoms with Gasteiger partial charge in [-0.25, -0.2) is 4.79 Å². The maximum absolute atomic E-state index is 10.9. The summed E-state index contributed by atoms with van der Waals surface area (Å²) in [6, 6.07) is 0. The normalized spacial score (nSPS) is 15.2. The fraction of sp³-hybridized carbons (Fsp3) is 0.286. The third kappa shape index (κ3) is 2.09. The lowest BCUT2D eigenvalue weighted by molar-refractivity contribution is -0.219. The van der Waals surface area contributed by atoms with E-state index < -0.39 is 6.09 Å². The first-order chi connectivity index (χ1) is 5.34. The van der Waals surface area contributed by atoms with Gasteiger partial charge in [0.1, 0.15) is 0 Å². The molecule has 0 saturated carbocycles. The molecule has 0 atom stereocenters. The van der Waals surface area contributed by atoms with Gasteiger partial charge in [0.15, 0.2) is 0 Å². The fourth-order valence-electron chi connectivity index (χ4n) is 0.722. The van der Waals surface area contributed by atoms with Crippen molar-refractivity contribution in [2.75, 3.05) is 13.7 Å². The summed E-state index contributed by atoms with van der Waals surface area (Å²) in [6.07, 6.45) is 6.57. The van der Waals surface area contributed by atoms with E-state index in [1.165, 1.54) is 12.0 Å². The highest BCUT2D eigenvalue weighted by molar-refractivity contribution is 5.68. The minimum Gasteiger partial charge on any atom is -0.278 e. The molecule has 4 nitrogen and oxygen atoms in total. The summed E-state index contributed by atoms with van der Waals surface area (Å²) in [6.45, 7) is 0.526. The Morgan fingerprint density at radius 3 is 2.91 bits per heavy atom. The molecule has 1 heterocycles. The van der Waals surface area contributed by atoms with Gasteiger partial charge in [0.25, 0.3) is 0 Å². The number of allylic oxidation sites excluding steroid dienone is 2. The number of hydrogen-bond acceptors (Lipinski definition) is 3. The second-order valence-corrected chi connectivity index (χ2v) is 1.94. The standard InChI is InChI=1S/C7H9NO3/c1-10-11-7(9)8-5-3-2-4-6-8/h2-5H,6H2,1H3. The van der Waals surface area contributed by atoms with Crippen LogP contribution in [0.1, 0.15) is 0 Å². The highest BCUT2D eigenvalue weighted by Crippen LogP contribution is 2.00. The second-order valence-electron chi connectivity index (χ2n) is 1.94. The molecule has 0 aromatic heterocycles. The third-order valence-corrected chi connectivity index (χ3v) is 1.20. The highest BCUT2D eigenvalue weighted by Gasteiger charge is 2.11. The van der Waals surface area contributed by atoms with E-state index in [2.05, 4.69) is 9.78 Å². The van der Waals surface area contributed by atoms with Crippen LogP contribution in [0.4, 0.5) is 4.79 Å². The van der Waals surface area contributed by atoms with E-state index >= 15 is 0 Å². The predicted molar refractivity (Wildman–Crippen MR) is 38.5 cm³/mol. The summed E-state index contributed by atoms with van der Waals surface area (Å²) in [5.41, 5.74) is 0. The summed E-state index contributed by atoms with van der Waals surface area (Å²) >= 11 is 0. The zero-order chi connectivity index (χ0) is 8.10. The predicted octanol–water partition coefficient (Wildman–Crippen LogP) is 1.07. The van der Waals surface area contributed by atoms with Crippen molar-refractivity contribution in [3.05, 3.63) is 24.4 Å². The summed E-state index contributed by atoms with van der Waals surface area (Å²) < 4.78 is 0. The first kappa shape index (κ1) is 7.81. The zero-order valence-electron chi connectivity index (χ0n) is 6.19. The Bertz CT molecular complexity index is 198. The average molecular weight is 155 g/mol. The van der Waals surface area contributed by atoms with Crippen LogP contribution < -0.4 is 0 Å². The maximum Gasteiger partial charge on any atom is 0.445 e. The van der Waals surface area contributed by atoms with Gasteiger partial charge < -0.3 is 0 Å². The molecule has 0 fully saturated rings. The smallest absolute Gasteiger partial charge is 0.278 e. The van der Waals surface area contributed by atoms with Gasteiger partial charge in [-0.15, -0.1) is 0 Å². The van der Waals surface area contributed by atoms with E-state index in [1.54, 1.807) is 12.3 Å². The molecule has 0 saturated heterocycles. The minimum atomic E-state index is -0.506. The van der Waals surface area contributed by atoms with E-state index in [0.29, 0.717) is 6.54 Å². The molecule has 1 aliphatic heterocycles. The van der Waals surface area contributed by atoms with Crippen LogP contribution in [0.25, 0.3) is 0 Å². The van der Waals surface area contributed by atoms with Crippen molar-refractivity contribution in [3.8, 4) is 0 Å². The summed E-state index contributed by atoms with van der Waals surface area (Å²) in [5, 5.41) is 0. The van der Waals surface area contributed by atoms with Crippen molar-refractivity contribution < 1.29 is 14.6 Å². The molecule has 4 heteroatoms. The van der Waals surface area contributed by atoms with Crippen LogP contribution in [-0.2, 0) is 9.78 Å². The molecular formula is C7H9NO3. The van der Waals surface area contributed by atoms with Gasteiger partial charge in [-0.3, -0.25) is 9.79 Å². The topological polar surface area (TPSA) is 38.8 Å². The number of hydrogen-bond donors (Lipinski definition) is 0. The molecule has 1 amide bonds. The minimum absolute atomic E-state index is 0.506. The summed E-state index contributed by atoms with van der Waals surface area (Å²) in [7, 11) is 1.29. The highest BCUT2D eigenvalue weighted by atomic mass is 17.2. The fourth-order valence-corrected chi connectivity index (χ4v) is 0.722. The van der Waals surface area contributed by atoms with E-state index in [4.69, 9.17) is 0 Å². The number of amides is 1. The van der Waals surface area contributed by atoms with E-state index in [-0.39, 0.29) is 0 Å². The quantitative estimate of drug-likeness (QED) is 0.420. The van der Waals surface area contributed by atoms with Gasteiger partial charge in [0.2, 0.25) is 0 Å². The number of nitrogens with zero attached hydrogens (tertiary/aromatic N) is 1. The second kappa shape index (κ2) is 3.78. The lowest BCUT2D eigenvalue weighted by Crippen LogP contribution is -2.27. The molecule has 0 N–H and O–H groups in total. The van der Waals surface area contributed by atoms with Crippen LogP contribution in [-0.4, -0.2) is 24.6 Å². The SMILES string of the molecule is COOC(=O)N1C=CC=CC1. The molecule has 0 radical (unpaired) electrons. The maximum atomic E-state index is 10.9. The Morgan fingerprint density at radius 1 is 1.55 bits per heavy atom. The van der Waals surface area contributed by atoms with Gasteiger partial charge in [-0.2, -0.15) is 4.89 Å². The zero-order valence-corrected chi connectivity index (χ0v) is 6.19. The molecule has 0 spiro atoms. The van der Waals surface area contributed by atoms with E-state index in [9.17, 15) is 4.79 Å². The Labute approximate surface area is 64.6 Å². The van der Waals surface area contributed by atoms with Crippen molar-refractivity contribution in [2.45, 2.75) is 0 Å². The average Bonchev–Trinajstić information content (AvgIpc) is 2.07. The van der Waals surface area contributed by atoms with Crippen LogP contribution in [0.15, 0.2) is 24.4 Å². The molecule has 0 aliphatic carbocycles. The molecule has 0 bridgehead atoms. The Balaban J connectivity index is 2.42. The van der Waals surface area contributed by atoms with Gasteiger partial charge in [-0.1, -0.05) is 12.2 Å². The molecule has 0 aromatic rings. The lowest BCUT2D eigenvalue weighted by Gasteiger charge is -2.15. The van der Waals surface area contributed by atoms with Crippen LogP contribution >= 0.6 is 0 Å². The Kier molecular flexibility index (Phi) is 2.68. The first-order valence-electron chi connectivity index (χ1n) is 3.19. The molecule has 60 valence electrons. The van der Waals surface area contributed by atoms with Crippen LogP contribution in [0.5, 0.6) is 0 Å². The molecule has 1 aliphatic rings. The van der Waals surface area contributed by atoms with Crippen LogP contribution in [0.2, 0.25) is 0 Å².